The molecule has 0 unspecified atom stereocenters. The topological polar surface area (TPSA) is 20.3 Å². The summed E-state index contributed by atoms with van der Waals surface area (Å²) in [5.41, 5.74) is 2.00. The zero-order valence-corrected chi connectivity index (χ0v) is 10.5. The quantitative estimate of drug-likeness (QED) is 0.682. The van der Waals surface area contributed by atoms with Gasteiger partial charge in [0.15, 0.2) is 5.78 Å². The number of carbonyl (C=O) groups excluding carboxylic acids is 1. The van der Waals surface area contributed by atoms with Gasteiger partial charge >= 0.3 is 0 Å². The summed E-state index contributed by atoms with van der Waals surface area (Å²) in [6, 6.07) is 7.89. The summed E-state index contributed by atoms with van der Waals surface area (Å²) < 4.78 is 0. The minimum Gasteiger partial charge on any atom is -0.375 e. The second kappa shape index (κ2) is 6.31. The molecular weight excluding hydrogens is 198 g/mol. The van der Waals surface area contributed by atoms with Crippen LogP contribution in [0.2, 0.25) is 0 Å². The minimum absolute atomic E-state index is 0.211. The van der Waals surface area contributed by atoms with E-state index in [-0.39, 0.29) is 5.78 Å². The van der Waals surface area contributed by atoms with Crippen LogP contribution in [0.1, 0.15) is 43.5 Å². The molecule has 0 aromatic heterocycles. The fourth-order valence-corrected chi connectivity index (χ4v) is 1.63. The van der Waals surface area contributed by atoms with E-state index in [1.807, 2.05) is 31.2 Å². The lowest BCUT2D eigenvalue weighted by atomic mass is 10.1. The second-order valence-corrected chi connectivity index (χ2v) is 4.10. The first-order valence-electron chi connectivity index (χ1n) is 6.03. The Bertz CT molecular complexity index is 329. The maximum absolute atomic E-state index is 11.5. The smallest absolute Gasteiger partial charge is 0.162 e. The van der Waals surface area contributed by atoms with E-state index in [0.717, 1.165) is 12.1 Å². The molecule has 0 saturated carbocycles. The van der Waals surface area contributed by atoms with Crippen LogP contribution in [0.5, 0.6) is 0 Å². The molecule has 0 saturated heterocycles. The molecule has 0 bridgehead atoms. The predicted octanol–water partition coefficient (Wildman–Crippen LogP) is 3.52. The van der Waals surface area contributed by atoms with Gasteiger partial charge in [-0.05, 0) is 30.7 Å². The van der Waals surface area contributed by atoms with E-state index in [2.05, 4.69) is 18.9 Å². The Morgan fingerprint density at radius 1 is 1.19 bits per heavy atom. The predicted molar refractivity (Wildman–Crippen MR) is 69.2 cm³/mol. The van der Waals surface area contributed by atoms with Crippen LogP contribution in [0.25, 0.3) is 0 Å². The highest BCUT2D eigenvalue weighted by Crippen LogP contribution is 2.15. The highest BCUT2D eigenvalue weighted by molar-refractivity contribution is 5.96. The van der Waals surface area contributed by atoms with Crippen LogP contribution in [0.3, 0.4) is 0 Å². The summed E-state index contributed by atoms with van der Waals surface area (Å²) in [5.74, 6) is 0.211. The number of ketones is 1. The molecular formula is C14H21NO. The second-order valence-electron chi connectivity index (χ2n) is 4.10. The van der Waals surface area contributed by atoms with E-state index in [9.17, 15) is 4.79 Å². The summed E-state index contributed by atoms with van der Waals surface area (Å²) in [7, 11) is 2.09. The molecule has 0 fully saturated rings. The molecule has 0 radical (unpaired) electrons. The van der Waals surface area contributed by atoms with E-state index < -0.39 is 0 Å². The summed E-state index contributed by atoms with van der Waals surface area (Å²) in [6.07, 6.45) is 2.98. The van der Waals surface area contributed by atoms with E-state index in [0.29, 0.717) is 6.42 Å². The average molecular weight is 219 g/mol. The first-order valence-corrected chi connectivity index (χ1v) is 6.03. The largest absolute Gasteiger partial charge is 0.375 e. The molecule has 2 nitrogen and oxygen atoms in total. The number of Topliss-reactive ketones (excluding diaryl/α,β-unsaturated/α-hetero) is 1. The van der Waals surface area contributed by atoms with Crippen molar-refractivity contribution in [3.8, 4) is 0 Å². The number of anilines is 1. The normalized spacial score (nSPS) is 10.2. The Labute approximate surface area is 98.3 Å². The van der Waals surface area contributed by atoms with Crippen molar-refractivity contribution in [1.29, 1.82) is 0 Å². The van der Waals surface area contributed by atoms with Crippen LogP contribution in [0, 0.1) is 0 Å². The van der Waals surface area contributed by atoms with Gasteiger partial charge in [0.25, 0.3) is 0 Å². The molecule has 0 aliphatic heterocycles. The SMILES string of the molecule is CCCCN(C)c1ccc(C(=O)CC)cc1. The van der Waals surface area contributed by atoms with E-state index in [4.69, 9.17) is 0 Å². The average Bonchev–Trinajstić information content (AvgIpc) is 2.35. The van der Waals surface area contributed by atoms with Gasteiger partial charge in [-0.15, -0.1) is 0 Å². The molecule has 0 atom stereocenters. The van der Waals surface area contributed by atoms with Crippen LogP contribution >= 0.6 is 0 Å². The Hall–Kier alpha value is -1.31. The number of hydrogen-bond donors (Lipinski definition) is 0. The van der Waals surface area contributed by atoms with E-state index >= 15 is 0 Å². The molecule has 1 rings (SSSR count). The number of nitrogens with zero attached hydrogens (tertiary/aromatic N) is 1. The third-order valence-electron chi connectivity index (χ3n) is 2.80. The molecule has 2 heteroatoms. The van der Waals surface area contributed by atoms with Gasteiger partial charge in [-0.3, -0.25) is 4.79 Å². The van der Waals surface area contributed by atoms with Gasteiger partial charge < -0.3 is 4.90 Å². The number of hydrogen-bond acceptors (Lipinski definition) is 2. The number of unbranched alkanes of at least 4 members (excludes halogenated alkanes) is 1. The summed E-state index contributed by atoms with van der Waals surface area (Å²) >= 11 is 0. The number of rotatable bonds is 6. The minimum atomic E-state index is 0.211. The van der Waals surface area contributed by atoms with Crippen LogP contribution in [-0.4, -0.2) is 19.4 Å². The fourth-order valence-electron chi connectivity index (χ4n) is 1.63. The summed E-state index contributed by atoms with van der Waals surface area (Å²) in [4.78, 5) is 13.7. The van der Waals surface area contributed by atoms with Crippen molar-refractivity contribution in [1.82, 2.24) is 0 Å². The lowest BCUT2D eigenvalue weighted by Gasteiger charge is -2.19. The molecule has 0 aliphatic rings. The van der Waals surface area contributed by atoms with Crippen LogP contribution in [-0.2, 0) is 0 Å². The molecule has 0 amide bonds. The van der Waals surface area contributed by atoms with Gasteiger partial charge in [0.1, 0.15) is 0 Å². The van der Waals surface area contributed by atoms with Gasteiger partial charge in [-0.2, -0.15) is 0 Å². The zero-order valence-electron chi connectivity index (χ0n) is 10.5. The van der Waals surface area contributed by atoms with Crippen LogP contribution in [0.4, 0.5) is 5.69 Å². The van der Waals surface area contributed by atoms with Crippen molar-refractivity contribution in [3.05, 3.63) is 29.8 Å². The zero-order chi connectivity index (χ0) is 12.0. The van der Waals surface area contributed by atoms with Gasteiger partial charge in [-0.25, -0.2) is 0 Å². The molecule has 0 spiro atoms. The summed E-state index contributed by atoms with van der Waals surface area (Å²) in [6.45, 7) is 5.15. The first kappa shape index (κ1) is 12.8. The Morgan fingerprint density at radius 3 is 2.31 bits per heavy atom. The van der Waals surface area contributed by atoms with Crippen LogP contribution in [0.15, 0.2) is 24.3 Å². The number of benzene rings is 1. The lowest BCUT2D eigenvalue weighted by molar-refractivity contribution is 0.0988. The van der Waals surface area contributed by atoms with E-state index in [1.54, 1.807) is 0 Å². The monoisotopic (exact) mass is 219 g/mol. The van der Waals surface area contributed by atoms with Crippen molar-refractivity contribution in [3.63, 3.8) is 0 Å². The molecule has 16 heavy (non-hydrogen) atoms. The van der Waals surface area contributed by atoms with Crippen molar-refractivity contribution in [2.45, 2.75) is 33.1 Å². The standard InChI is InChI=1S/C14H21NO/c1-4-6-11-15(3)13-9-7-12(8-10-13)14(16)5-2/h7-10H,4-6,11H2,1-3H3. The van der Waals surface area contributed by atoms with Gasteiger partial charge in [0.2, 0.25) is 0 Å². The van der Waals surface area contributed by atoms with Crippen molar-refractivity contribution < 1.29 is 4.79 Å². The molecule has 0 heterocycles. The third-order valence-corrected chi connectivity index (χ3v) is 2.80. The maximum atomic E-state index is 11.5. The molecule has 0 N–H and O–H groups in total. The molecule has 0 aliphatic carbocycles. The Kier molecular flexibility index (Phi) is 5.03. The van der Waals surface area contributed by atoms with Gasteiger partial charge in [-0.1, -0.05) is 20.3 Å². The third kappa shape index (κ3) is 3.37. The highest BCUT2D eigenvalue weighted by Gasteiger charge is 2.04. The number of carbonyl (C=O) groups is 1. The lowest BCUT2D eigenvalue weighted by Crippen LogP contribution is -2.18. The molecule has 1 aromatic rings. The van der Waals surface area contributed by atoms with E-state index in [1.165, 1.54) is 18.5 Å². The van der Waals surface area contributed by atoms with Crippen molar-refractivity contribution >= 4 is 11.5 Å². The fraction of sp³-hybridized carbons (Fsp3) is 0.500. The van der Waals surface area contributed by atoms with Gasteiger partial charge in [0, 0.05) is 31.3 Å². The van der Waals surface area contributed by atoms with Gasteiger partial charge in [0.05, 0.1) is 0 Å². The first-order chi connectivity index (χ1) is 7.69. The molecule has 1 aromatic carbocycles. The van der Waals surface area contributed by atoms with Crippen molar-refractivity contribution in [2.75, 3.05) is 18.5 Å². The van der Waals surface area contributed by atoms with Crippen molar-refractivity contribution in [2.24, 2.45) is 0 Å². The Balaban J connectivity index is 2.67. The van der Waals surface area contributed by atoms with Crippen LogP contribution < -0.4 is 4.90 Å². The maximum Gasteiger partial charge on any atom is 0.162 e. The molecule has 88 valence electrons. The Morgan fingerprint density at radius 2 is 1.81 bits per heavy atom. The summed E-state index contributed by atoms with van der Waals surface area (Å²) in [5, 5.41) is 0. The highest BCUT2D eigenvalue weighted by atomic mass is 16.1.